The van der Waals surface area contributed by atoms with E-state index in [-0.39, 0.29) is 5.91 Å². The van der Waals surface area contributed by atoms with Crippen LogP contribution < -0.4 is 5.32 Å². The van der Waals surface area contributed by atoms with Crippen molar-refractivity contribution in [2.45, 2.75) is 5.75 Å². The zero-order valence-corrected chi connectivity index (χ0v) is 15.2. The molecule has 0 aliphatic heterocycles. The van der Waals surface area contributed by atoms with Crippen molar-refractivity contribution in [3.05, 3.63) is 58.2 Å². The van der Waals surface area contributed by atoms with E-state index in [0.717, 1.165) is 26.6 Å². The molecule has 0 atom stereocenters. The van der Waals surface area contributed by atoms with Crippen LogP contribution in [0.5, 0.6) is 0 Å². The zero-order chi connectivity index (χ0) is 16.1. The van der Waals surface area contributed by atoms with Crippen LogP contribution in [0.4, 0.5) is 5.69 Å². The van der Waals surface area contributed by atoms with Crippen molar-refractivity contribution in [3.63, 3.8) is 0 Å². The van der Waals surface area contributed by atoms with Gasteiger partial charge in [0, 0.05) is 21.3 Å². The van der Waals surface area contributed by atoms with Gasteiger partial charge in [0.2, 0.25) is 5.91 Å². The summed E-state index contributed by atoms with van der Waals surface area (Å²) in [6.07, 6.45) is 1.64. The van der Waals surface area contributed by atoms with Gasteiger partial charge in [-0.15, -0.1) is 23.1 Å². The number of rotatable bonds is 6. The van der Waals surface area contributed by atoms with Crippen molar-refractivity contribution in [2.24, 2.45) is 0 Å². The fourth-order valence-electron chi connectivity index (χ4n) is 1.87. The van der Waals surface area contributed by atoms with Gasteiger partial charge in [-0.25, -0.2) is 4.98 Å². The number of nitrogens with one attached hydrogen (secondary N) is 1. The number of thioether (sulfide) groups is 1. The molecular formula is C16H13BrN2O2S2. The van der Waals surface area contributed by atoms with E-state index in [9.17, 15) is 4.79 Å². The first-order valence-corrected chi connectivity index (χ1v) is 9.65. The Hall–Kier alpha value is -1.57. The first kappa shape index (κ1) is 16.3. The van der Waals surface area contributed by atoms with Gasteiger partial charge in [0.15, 0.2) is 10.8 Å². The molecule has 0 aliphatic rings. The molecule has 0 aliphatic carbocycles. The fraction of sp³-hybridized carbons (Fsp3) is 0.125. The highest BCUT2D eigenvalue weighted by molar-refractivity contribution is 9.10. The van der Waals surface area contributed by atoms with Crippen LogP contribution in [-0.2, 0) is 10.5 Å². The highest BCUT2D eigenvalue weighted by atomic mass is 79.9. The molecule has 1 N–H and O–H groups in total. The van der Waals surface area contributed by atoms with Gasteiger partial charge in [-0.05, 0) is 36.4 Å². The molecule has 4 nitrogen and oxygen atoms in total. The summed E-state index contributed by atoms with van der Waals surface area (Å²) >= 11 is 6.45. The van der Waals surface area contributed by atoms with Gasteiger partial charge >= 0.3 is 0 Å². The Labute approximate surface area is 150 Å². The number of anilines is 1. The van der Waals surface area contributed by atoms with Crippen LogP contribution in [0, 0.1) is 0 Å². The molecule has 0 fully saturated rings. The minimum Gasteiger partial charge on any atom is -0.462 e. The maximum atomic E-state index is 11.9. The minimum atomic E-state index is -0.0150. The van der Waals surface area contributed by atoms with Crippen LogP contribution in [0.3, 0.4) is 0 Å². The number of halogens is 1. The second kappa shape index (κ2) is 7.81. The van der Waals surface area contributed by atoms with E-state index in [1.807, 2.05) is 41.8 Å². The Kier molecular flexibility index (Phi) is 5.53. The van der Waals surface area contributed by atoms with Crippen LogP contribution in [0.25, 0.3) is 10.8 Å². The van der Waals surface area contributed by atoms with Crippen LogP contribution in [-0.4, -0.2) is 16.6 Å². The molecule has 7 heteroatoms. The molecule has 0 radical (unpaired) electrons. The fourth-order valence-corrected chi connectivity index (χ4v) is 3.74. The second-order valence-electron chi connectivity index (χ2n) is 4.67. The molecule has 118 valence electrons. The number of furan rings is 1. The van der Waals surface area contributed by atoms with Crippen LogP contribution >= 0.6 is 39.0 Å². The summed E-state index contributed by atoms with van der Waals surface area (Å²) in [7, 11) is 0. The number of aromatic nitrogens is 1. The maximum absolute atomic E-state index is 11.9. The highest BCUT2D eigenvalue weighted by Gasteiger charge is 2.08. The summed E-state index contributed by atoms with van der Waals surface area (Å²) < 4.78 is 6.31. The molecule has 1 aromatic carbocycles. The highest BCUT2D eigenvalue weighted by Crippen LogP contribution is 2.25. The standard InChI is InChI=1S/C16H13BrN2O2S2/c17-11-3-5-12(6-4-11)18-15(20)10-22-8-13-9-23-16(19-13)14-2-1-7-21-14/h1-7,9H,8,10H2,(H,18,20). The van der Waals surface area contributed by atoms with E-state index in [0.29, 0.717) is 11.5 Å². The molecule has 0 unspecified atom stereocenters. The number of hydrogen-bond acceptors (Lipinski definition) is 5. The summed E-state index contributed by atoms with van der Waals surface area (Å²) in [5, 5.41) is 5.73. The molecular weight excluding hydrogens is 396 g/mol. The van der Waals surface area contributed by atoms with Gasteiger partial charge in [-0.2, -0.15) is 0 Å². The van der Waals surface area contributed by atoms with Gasteiger partial charge in [0.25, 0.3) is 0 Å². The van der Waals surface area contributed by atoms with Gasteiger partial charge in [-0.3, -0.25) is 4.79 Å². The van der Waals surface area contributed by atoms with E-state index < -0.39 is 0 Å². The van der Waals surface area contributed by atoms with Gasteiger partial charge in [0.05, 0.1) is 17.7 Å². The van der Waals surface area contributed by atoms with Crippen LogP contribution in [0.2, 0.25) is 0 Å². The third kappa shape index (κ3) is 4.70. The summed E-state index contributed by atoms with van der Waals surface area (Å²) in [5.41, 5.74) is 1.76. The van der Waals surface area contributed by atoms with Crippen molar-refractivity contribution in [1.29, 1.82) is 0 Å². The molecule has 1 amide bonds. The predicted molar refractivity (Wildman–Crippen MR) is 98.7 cm³/mol. The molecule has 0 saturated carbocycles. The van der Waals surface area contributed by atoms with Gasteiger partial charge < -0.3 is 9.73 Å². The van der Waals surface area contributed by atoms with E-state index in [1.54, 1.807) is 17.6 Å². The van der Waals surface area contributed by atoms with Crippen LogP contribution in [0.1, 0.15) is 5.69 Å². The first-order valence-electron chi connectivity index (χ1n) is 6.82. The molecule has 3 aromatic rings. The maximum Gasteiger partial charge on any atom is 0.234 e. The number of thiazole rings is 1. The van der Waals surface area contributed by atoms with Crippen LogP contribution in [0.15, 0.2) is 56.9 Å². The lowest BCUT2D eigenvalue weighted by Gasteiger charge is -2.04. The van der Waals surface area contributed by atoms with E-state index >= 15 is 0 Å². The number of amides is 1. The smallest absolute Gasteiger partial charge is 0.234 e. The number of carbonyl (C=O) groups is 1. The quantitative estimate of drug-likeness (QED) is 0.620. The Morgan fingerprint density at radius 1 is 1.30 bits per heavy atom. The van der Waals surface area contributed by atoms with Gasteiger partial charge in [-0.1, -0.05) is 15.9 Å². The Bertz CT molecular complexity index is 770. The van der Waals surface area contributed by atoms with E-state index in [2.05, 4.69) is 26.2 Å². The van der Waals surface area contributed by atoms with Gasteiger partial charge in [0.1, 0.15) is 0 Å². The molecule has 2 aromatic heterocycles. The number of carbonyl (C=O) groups excluding carboxylic acids is 1. The summed E-state index contributed by atoms with van der Waals surface area (Å²) in [6, 6.07) is 11.3. The molecule has 2 heterocycles. The van der Waals surface area contributed by atoms with Crippen molar-refractivity contribution >= 4 is 50.6 Å². The predicted octanol–water partition coefficient (Wildman–Crippen LogP) is 5.04. The third-order valence-corrected chi connectivity index (χ3v) is 5.30. The largest absolute Gasteiger partial charge is 0.462 e. The lowest BCUT2D eigenvalue weighted by atomic mass is 10.3. The van der Waals surface area contributed by atoms with Crippen molar-refractivity contribution < 1.29 is 9.21 Å². The second-order valence-corrected chi connectivity index (χ2v) is 7.43. The number of benzene rings is 1. The first-order chi connectivity index (χ1) is 11.2. The van der Waals surface area contributed by atoms with Crippen molar-refractivity contribution in [1.82, 2.24) is 4.98 Å². The Morgan fingerprint density at radius 2 is 2.13 bits per heavy atom. The average molecular weight is 409 g/mol. The Morgan fingerprint density at radius 3 is 2.87 bits per heavy atom. The van der Waals surface area contributed by atoms with Crippen molar-refractivity contribution in [3.8, 4) is 10.8 Å². The monoisotopic (exact) mass is 408 g/mol. The summed E-state index contributed by atoms with van der Waals surface area (Å²) in [4.78, 5) is 16.4. The SMILES string of the molecule is O=C(CSCc1csc(-c2ccco2)n1)Nc1ccc(Br)cc1. The molecule has 0 bridgehead atoms. The number of hydrogen-bond donors (Lipinski definition) is 1. The molecule has 0 spiro atoms. The lowest BCUT2D eigenvalue weighted by Crippen LogP contribution is -2.14. The Balaban J connectivity index is 1.46. The lowest BCUT2D eigenvalue weighted by molar-refractivity contribution is -0.113. The minimum absolute atomic E-state index is 0.0150. The summed E-state index contributed by atoms with van der Waals surface area (Å²) in [6.45, 7) is 0. The molecule has 23 heavy (non-hydrogen) atoms. The topological polar surface area (TPSA) is 55.1 Å². The van der Waals surface area contributed by atoms with E-state index in [4.69, 9.17) is 4.42 Å². The van der Waals surface area contributed by atoms with E-state index in [1.165, 1.54) is 11.8 Å². The molecule has 3 rings (SSSR count). The van der Waals surface area contributed by atoms with Crippen molar-refractivity contribution in [2.75, 3.05) is 11.1 Å². The third-order valence-electron chi connectivity index (χ3n) is 2.89. The normalized spacial score (nSPS) is 10.7. The average Bonchev–Trinajstić information content (AvgIpc) is 3.20. The number of nitrogens with zero attached hydrogens (tertiary/aromatic N) is 1. The molecule has 0 saturated heterocycles. The zero-order valence-electron chi connectivity index (χ0n) is 12.0. The summed E-state index contributed by atoms with van der Waals surface area (Å²) in [5.74, 6) is 1.85.